The molecule has 0 unspecified atom stereocenters. The average Bonchev–Trinajstić information content (AvgIpc) is 2.68. The van der Waals surface area contributed by atoms with E-state index in [1.165, 1.54) is 19.3 Å². The topological polar surface area (TPSA) is 67.9 Å². The number of hydroxylamine groups is 2. The first-order valence-electron chi connectivity index (χ1n) is 5.64. The summed E-state index contributed by atoms with van der Waals surface area (Å²) in [4.78, 5) is 27.9. The second-order valence-corrected chi connectivity index (χ2v) is 4.34. The van der Waals surface area contributed by atoms with Gasteiger partial charge >= 0.3 is 5.97 Å². The van der Waals surface area contributed by atoms with Crippen LogP contribution in [0.1, 0.15) is 19.8 Å². The number of rotatable bonds is 4. The number of carbonyl (C=O) groups excluding carboxylic acids is 2. The third-order valence-corrected chi connectivity index (χ3v) is 3.21. The summed E-state index contributed by atoms with van der Waals surface area (Å²) in [7, 11) is 4.38. The van der Waals surface area contributed by atoms with E-state index in [2.05, 4.69) is 10.1 Å². The number of nitrogens with one attached hydrogen (secondary N) is 1. The van der Waals surface area contributed by atoms with Crippen molar-refractivity contribution in [3.05, 3.63) is 0 Å². The Balaban J connectivity index is 2.51. The lowest BCUT2D eigenvalue weighted by molar-refractivity contribution is -0.169. The Morgan fingerprint density at radius 1 is 1.41 bits per heavy atom. The van der Waals surface area contributed by atoms with Crippen LogP contribution in [-0.2, 0) is 19.2 Å². The molecule has 0 aromatic heterocycles. The number of carbonyl (C=O) groups is 2. The Hall–Kier alpha value is -1.14. The zero-order chi connectivity index (χ0) is 13.0. The van der Waals surface area contributed by atoms with E-state index in [-0.39, 0.29) is 29.9 Å². The van der Waals surface area contributed by atoms with Gasteiger partial charge in [-0.05, 0) is 12.3 Å². The van der Waals surface area contributed by atoms with Crippen LogP contribution in [0.5, 0.6) is 0 Å². The van der Waals surface area contributed by atoms with Gasteiger partial charge in [0.05, 0.1) is 14.2 Å². The lowest BCUT2D eigenvalue weighted by atomic mass is 9.99. The Kier molecular flexibility index (Phi) is 4.89. The smallest absolute Gasteiger partial charge is 0.322 e. The maximum atomic E-state index is 11.7. The molecule has 6 heteroatoms. The van der Waals surface area contributed by atoms with Crippen molar-refractivity contribution in [3.63, 3.8) is 0 Å². The number of nitrogens with zero attached hydrogens (tertiary/aromatic N) is 1. The van der Waals surface area contributed by atoms with Gasteiger partial charge in [-0.3, -0.25) is 14.4 Å². The number of amides is 1. The molecule has 1 rings (SSSR count). The molecule has 0 aromatic carbocycles. The number of methoxy groups -OCH3 is 1. The predicted octanol–water partition coefficient (Wildman–Crippen LogP) is -0.0641. The highest BCUT2D eigenvalue weighted by Crippen LogP contribution is 2.23. The van der Waals surface area contributed by atoms with Gasteiger partial charge in [0.2, 0.25) is 5.91 Å². The molecule has 98 valence electrons. The quantitative estimate of drug-likeness (QED) is 0.554. The van der Waals surface area contributed by atoms with Gasteiger partial charge in [-0.2, -0.15) is 0 Å². The van der Waals surface area contributed by atoms with Gasteiger partial charge in [-0.25, -0.2) is 5.06 Å². The molecule has 17 heavy (non-hydrogen) atoms. The van der Waals surface area contributed by atoms with Crippen molar-refractivity contribution in [1.82, 2.24) is 10.4 Å². The number of hydrogen-bond acceptors (Lipinski definition) is 5. The minimum Gasteiger partial charge on any atom is -0.468 e. The first-order valence-corrected chi connectivity index (χ1v) is 5.64. The monoisotopic (exact) mass is 244 g/mol. The van der Waals surface area contributed by atoms with E-state index in [1.807, 2.05) is 6.92 Å². The maximum absolute atomic E-state index is 11.7. The summed E-state index contributed by atoms with van der Waals surface area (Å²) in [6.07, 6.45) is 1.01. The molecule has 6 nitrogen and oxygen atoms in total. The molecule has 0 aromatic rings. The van der Waals surface area contributed by atoms with Crippen molar-refractivity contribution in [3.8, 4) is 0 Å². The fraction of sp³-hybridized carbons (Fsp3) is 0.818. The van der Waals surface area contributed by atoms with Crippen LogP contribution < -0.4 is 5.32 Å². The van der Waals surface area contributed by atoms with Crippen LogP contribution in [0.3, 0.4) is 0 Å². The molecule has 0 spiro atoms. The Labute approximate surface area is 101 Å². The van der Waals surface area contributed by atoms with Crippen LogP contribution in [0.15, 0.2) is 0 Å². The van der Waals surface area contributed by atoms with E-state index in [0.29, 0.717) is 12.8 Å². The van der Waals surface area contributed by atoms with E-state index in [0.717, 1.165) is 0 Å². The van der Waals surface area contributed by atoms with Crippen molar-refractivity contribution in [2.45, 2.75) is 31.8 Å². The molecule has 0 aliphatic carbocycles. The molecule has 1 N–H and O–H groups in total. The van der Waals surface area contributed by atoms with E-state index in [4.69, 9.17) is 4.84 Å². The molecule has 1 amide bonds. The fourth-order valence-electron chi connectivity index (χ4n) is 2.01. The summed E-state index contributed by atoms with van der Waals surface area (Å²) < 4.78 is 4.68. The summed E-state index contributed by atoms with van der Waals surface area (Å²) in [6, 6.07) is -0.315. The zero-order valence-corrected chi connectivity index (χ0v) is 10.7. The fourth-order valence-corrected chi connectivity index (χ4v) is 2.01. The van der Waals surface area contributed by atoms with E-state index < -0.39 is 0 Å². The number of hydrogen-bond donors (Lipinski definition) is 1. The normalized spacial score (nSPS) is 27.9. The highest BCUT2D eigenvalue weighted by atomic mass is 16.7. The Morgan fingerprint density at radius 2 is 2.06 bits per heavy atom. The summed E-state index contributed by atoms with van der Waals surface area (Å²) in [6.45, 7) is 2.01. The Bertz CT molecular complexity index is 295. The summed E-state index contributed by atoms with van der Waals surface area (Å²) >= 11 is 0. The predicted molar refractivity (Wildman–Crippen MR) is 60.9 cm³/mol. The third kappa shape index (κ3) is 3.41. The molecule has 1 saturated heterocycles. The lowest BCUT2D eigenvalue weighted by Crippen LogP contribution is -2.40. The summed E-state index contributed by atoms with van der Waals surface area (Å²) in [5, 5.41) is 4.32. The highest BCUT2D eigenvalue weighted by Gasteiger charge is 2.36. The standard InChI is InChI=1S/C11H20N2O4/c1-7-5-9(11(15)16-3)12-8(7)6-10(14)13(2)17-4/h7-9,12H,5-6H2,1-4H3/t7-,8-,9+/m1/s1. The van der Waals surface area contributed by atoms with Crippen LogP contribution in [0, 0.1) is 5.92 Å². The summed E-state index contributed by atoms with van der Waals surface area (Å²) in [5.41, 5.74) is 0. The minimum absolute atomic E-state index is 0.0100. The first-order chi connectivity index (χ1) is 7.99. The Morgan fingerprint density at radius 3 is 2.59 bits per heavy atom. The minimum atomic E-state index is -0.305. The van der Waals surface area contributed by atoms with Crippen molar-refractivity contribution in [2.24, 2.45) is 5.92 Å². The highest BCUT2D eigenvalue weighted by molar-refractivity contribution is 5.78. The SMILES string of the molecule is COC(=O)[C@@H]1C[C@@H](C)[C@@H](CC(=O)N(C)OC)N1. The molecule has 0 saturated carbocycles. The molecule has 0 bridgehead atoms. The first kappa shape index (κ1) is 13.9. The van der Waals surface area contributed by atoms with Gasteiger partial charge in [-0.1, -0.05) is 6.92 Å². The van der Waals surface area contributed by atoms with Gasteiger partial charge < -0.3 is 10.1 Å². The van der Waals surface area contributed by atoms with Crippen LogP contribution in [0.4, 0.5) is 0 Å². The number of ether oxygens (including phenoxy) is 1. The third-order valence-electron chi connectivity index (χ3n) is 3.21. The molecule has 1 aliphatic heterocycles. The van der Waals surface area contributed by atoms with Crippen molar-refractivity contribution in [1.29, 1.82) is 0 Å². The summed E-state index contributed by atoms with van der Waals surface area (Å²) in [5.74, 6) is -0.123. The maximum Gasteiger partial charge on any atom is 0.322 e. The van der Waals surface area contributed by atoms with Crippen LogP contribution in [-0.4, -0.2) is 50.3 Å². The van der Waals surface area contributed by atoms with Gasteiger partial charge in [0.25, 0.3) is 0 Å². The molecular formula is C11H20N2O4. The van der Waals surface area contributed by atoms with E-state index in [9.17, 15) is 9.59 Å². The van der Waals surface area contributed by atoms with Crippen LogP contribution in [0.2, 0.25) is 0 Å². The van der Waals surface area contributed by atoms with Gasteiger partial charge in [-0.15, -0.1) is 0 Å². The molecule has 1 aliphatic rings. The lowest BCUT2D eigenvalue weighted by Gasteiger charge is -2.19. The number of esters is 1. The second-order valence-electron chi connectivity index (χ2n) is 4.34. The molecule has 1 heterocycles. The molecule has 1 fully saturated rings. The van der Waals surface area contributed by atoms with Crippen molar-refractivity contribution >= 4 is 11.9 Å². The van der Waals surface area contributed by atoms with E-state index >= 15 is 0 Å². The van der Waals surface area contributed by atoms with Crippen molar-refractivity contribution in [2.75, 3.05) is 21.3 Å². The van der Waals surface area contributed by atoms with Gasteiger partial charge in [0.15, 0.2) is 0 Å². The molecule has 0 radical (unpaired) electrons. The second kappa shape index (κ2) is 5.97. The average molecular weight is 244 g/mol. The molecule has 3 atom stereocenters. The molecular weight excluding hydrogens is 224 g/mol. The van der Waals surface area contributed by atoms with Crippen LogP contribution in [0.25, 0.3) is 0 Å². The van der Waals surface area contributed by atoms with Crippen molar-refractivity contribution < 1.29 is 19.2 Å². The van der Waals surface area contributed by atoms with E-state index in [1.54, 1.807) is 7.05 Å². The van der Waals surface area contributed by atoms with Crippen LogP contribution >= 0.6 is 0 Å². The largest absolute Gasteiger partial charge is 0.468 e. The van der Waals surface area contributed by atoms with Gasteiger partial charge in [0, 0.05) is 19.5 Å². The van der Waals surface area contributed by atoms with Gasteiger partial charge in [0.1, 0.15) is 6.04 Å². The zero-order valence-electron chi connectivity index (χ0n) is 10.7.